The zero-order valence-electron chi connectivity index (χ0n) is 19.7. The van der Waals surface area contributed by atoms with Crippen LogP contribution in [0.15, 0.2) is 76.5 Å². The van der Waals surface area contributed by atoms with Crippen molar-refractivity contribution in [2.75, 3.05) is 37.9 Å². The predicted octanol–water partition coefficient (Wildman–Crippen LogP) is 4.12. The van der Waals surface area contributed by atoms with Gasteiger partial charge < -0.3 is 14.8 Å². The molecule has 186 valence electrons. The highest BCUT2D eigenvalue weighted by molar-refractivity contribution is 7.98. The van der Waals surface area contributed by atoms with Crippen LogP contribution in [0.25, 0.3) is 0 Å². The van der Waals surface area contributed by atoms with Gasteiger partial charge in [0.25, 0.3) is 10.0 Å². The Morgan fingerprint density at radius 3 is 2.34 bits per heavy atom. The third-order valence-corrected chi connectivity index (χ3v) is 7.75. The summed E-state index contributed by atoms with van der Waals surface area (Å²) in [6.45, 7) is -0.226. The van der Waals surface area contributed by atoms with Gasteiger partial charge in [-0.3, -0.25) is 9.10 Å². The normalized spacial score (nSPS) is 11.1. The summed E-state index contributed by atoms with van der Waals surface area (Å²) in [5, 5.41) is 2.74. The van der Waals surface area contributed by atoms with E-state index in [-0.39, 0.29) is 17.1 Å². The minimum Gasteiger partial charge on any atom is -0.493 e. The topological polar surface area (TPSA) is 84.9 Å². The smallest absolute Gasteiger partial charge is 0.264 e. The molecule has 0 atom stereocenters. The Bertz CT molecular complexity index is 1270. The largest absolute Gasteiger partial charge is 0.493 e. The number of amides is 1. The molecule has 0 aromatic heterocycles. The number of nitrogens with one attached hydrogen (secondary N) is 1. The molecule has 0 spiro atoms. The first kappa shape index (κ1) is 26.4. The number of hydrogen-bond donors (Lipinski definition) is 1. The van der Waals surface area contributed by atoms with Crippen LogP contribution in [-0.2, 0) is 21.2 Å². The van der Waals surface area contributed by atoms with Crippen LogP contribution in [0.3, 0.4) is 0 Å². The van der Waals surface area contributed by atoms with Gasteiger partial charge in [0.15, 0.2) is 11.5 Å². The molecule has 0 heterocycles. The molecule has 0 radical (unpaired) electrons. The highest BCUT2D eigenvalue weighted by Crippen LogP contribution is 2.28. The summed E-state index contributed by atoms with van der Waals surface area (Å²) in [5.41, 5.74) is 0.973. The molecule has 0 saturated carbocycles. The molecule has 7 nitrogen and oxygen atoms in total. The third kappa shape index (κ3) is 6.67. The Morgan fingerprint density at radius 2 is 1.71 bits per heavy atom. The summed E-state index contributed by atoms with van der Waals surface area (Å²) in [5.74, 6) is 0.0577. The number of carbonyl (C=O) groups is 1. The molecular formula is C25H27FN2O5S2. The van der Waals surface area contributed by atoms with E-state index in [4.69, 9.17) is 9.47 Å². The van der Waals surface area contributed by atoms with Gasteiger partial charge in [0.1, 0.15) is 12.4 Å². The number of sulfonamides is 1. The Hall–Kier alpha value is -3.24. The minimum atomic E-state index is -4.12. The van der Waals surface area contributed by atoms with E-state index in [1.165, 1.54) is 42.1 Å². The Labute approximate surface area is 209 Å². The van der Waals surface area contributed by atoms with Crippen molar-refractivity contribution in [3.8, 4) is 11.5 Å². The Kier molecular flexibility index (Phi) is 9.00. The van der Waals surface area contributed by atoms with Crippen LogP contribution < -0.4 is 19.1 Å². The Morgan fingerprint density at radius 1 is 1.00 bits per heavy atom. The van der Waals surface area contributed by atoms with E-state index in [2.05, 4.69) is 5.32 Å². The summed E-state index contributed by atoms with van der Waals surface area (Å²) in [6, 6.07) is 16.9. The number of hydrogen-bond acceptors (Lipinski definition) is 6. The zero-order valence-corrected chi connectivity index (χ0v) is 21.3. The molecule has 35 heavy (non-hydrogen) atoms. The number of anilines is 1. The van der Waals surface area contributed by atoms with Crippen LogP contribution in [0.5, 0.6) is 11.5 Å². The summed E-state index contributed by atoms with van der Waals surface area (Å²) in [6.07, 6.45) is 2.38. The minimum absolute atomic E-state index is 0.0117. The lowest BCUT2D eigenvalue weighted by Gasteiger charge is -2.24. The van der Waals surface area contributed by atoms with E-state index >= 15 is 0 Å². The highest BCUT2D eigenvalue weighted by Gasteiger charge is 2.27. The molecule has 3 aromatic rings. The van der Waals surface area contributed by atoms with E-state index in [0.717, 1.165) is 20.8 Å². The summed E-state index contributed by atoms with van der Waals surface area (Å²) >= 11 is 1.48. The van der Waals surface area contributed by atoms with Gasteiger partial charge in [-0.2, -0.15) is 0 Å². The predicted molar refractivity (Wildman–Crippen MR) is 135 cm³/mol. The number of methoxy groups -OCH3 is 2. The molecule has 0 fully saturated rings. The molecule has 0 unspecified atom stereocenters. The summed E-state index contributed by atoms with van der Waals surface area (Å²) in [4.78, 5) is 13.7. The summed E-state index contributed by atoms with van der Waals surface area (Å²) < 4.78 is 52.1. The lowest BCUT2D eigenvalue weighted by atomic mass is 10.1. The van der Waals surface area contributed by atoms with Gasteiger partial charge >= 0.3 is 0 Å². The monoisotopic (exact) mass is 518 g/mol. The van der Waals surface area contributed by atoms with Crippen molar-refractivity contribution < 1.29 is 27.1 Å². The van der Waals surface area contributed by atoms with E-state index in [1.807, 2.05) is 18.4 Å². The zero-order chi connectivity index (χ0) is 25.4. The molecule has 0 saturated heterocycles. The van der Waals surface area contributed by atoms with Crippen molar-refractivity contribution in [2.24, 2.45) is 0 Å². The molecule has 1 amide bonds. The van der Waals surface area contributed by atoms with Crippen molar-refractivity contribution >= 4 is 33.4 Å². The van der Waals surface area contributed by atoms with Crippen LogP contribution in [0, 0.1) is 5.82 Å². The second-order valence-corrected chi connectivity index (χ2v) is 10.2. The quantitative estimate of drug-likeness (QED) is 0.385. The van der Waals surface area contributed by atoms with E-state index in [1.54, 1.807) is 32.4 Å². The van der Waals surface area contributed by atoms with Gasteiger partial charge in [0.05, 0.1) is 24.8 Å². The molecule has 3 rings (SSSR count). The van der Waals surface area contributed by atoms with Crippen molar-refractivity contribution in [1.29, 1.82) is 0 Å². The molecule has 10 heteroatoms. The van der Waals surface area contributed by atoms with Crippen LogP contribution in [-0.4, -0.2) is 47.9 Å². The lowest BCUT2D eigenvalue weighted by Crippen LogP contribution is -2.41. The fourth-order valence-corrected chi connectivity index (χ4v) is 5.21. The van der Waals surface area contributed by atoms with Gasteiger partial charge in [0, 0.05) is 11.4 Å². The summed E-state index contributed by atoms with van der Waals surface area (Å²) in [7, 11) is -1.03. The lowest BCUT2D eigenvalue weighted by molar-refractivity contribution is -0.119. The molecule has 0 aliphatic rings. The van der Waals surface area contributed by atoms with Crippen LogP contribution in [0.2, 0.25) is 0 Å². The standard InChI is InChI=1S/C25H27FN2O5S2/c1-32-23-12-7-18(15-24(23)33-2)13-14-27-25(29)17-28(20-6-4-5-19(26)16-20)35(30,31)22-10-8-21(34-3)9-11-22/h4-12,15-16H,13-14,17H2,1-3H3,(H,27,29). The number of ether oxygens (including phenoxy) is 2. The molecule has 0 aliphatic heterocycles. The number of benzene rings is 3. The maximum absolute atomic E-state index is 13.9. The van der Waals surface area contributed by atoms with Crippen LogP contribution in [0.1, 0.15) is 5.56 Å². The van der Waals surface area contributed by atoms with Gasteiger partial charge in [0.2, 0.25) is 5.91 Å². The number of carbonyl (C=O) groups excluding carboxylic acids is 1. The van der Waals surface area contributed by atoms with Gasteiger partial charge in [-0.1, -0.05) is 12.1 Å². The Balaban J connectivity index is 1.75. The first-order valence-corrected chi connectivity index (χ1v) is 13.3. The molecule has 3 aromatic carbocycles. The number of halogens is 1. The van der Waals surface area contributed by atoms with Crippen molar-refractivity contribution in [3.63, 3.8) is 0 Å². The number of rotatable bonds is 11. The fourth-order valence-electron chi connectivity index (χ4n) is 3.39. The highest BCUT2D eigenvalue weighted by atomic mass is 32.2. The average molecular weight is 519 g/mol. The molecule has 0 aliphatic carbocycles. The van der Waals surface area contributed by atoms with Crippen LogP contribution >= 0.6 is 11.8 Å². The number of thioether (sulfide) groups is 1. The molecule has 0 bridgehead atoms. The SMILES string of the molecule is COc1ccc(CCNC(=O)CN(c2cccc(F)c2)S(=O)(=O)c2ccc(SC)cc2)cc1OC. The fraction of sp³-hybridized carbons (Fsp3) is 0.240. The van der Waals surface area contributed by atoms with Crippen molar-refractivity contribution in [2.45, 2.75) is 16.2 Å². The first-order valence-electron chi connectivity index (χ1n) is 10.7. The second kappa shape index (κ2) is 11.9. The van der Waals surface area contributed by atoms with Crippen molar-refractivity contribution in [1.82, 2.24) is 5.32 Å². The third-order valence-electron chi connectivity index (χ3n) is 5.21. The van der Waals surface area contributed by atoms with Gasteiger partial charge in [-0.25, -0.2) is 12.8 Å². The molecular weight excluding hydrogens is 491 g/mol. The van der Waals surface area contributed by atoms with Gasteiger partial charge in [-0.05, 0) is 72.8 Å². The van der Waals surface area contributed by atoms with Crippen molar-refractivity contribution in [3.05, 3.63) is 78.1 Å². The van der Waals surface area contributed by atoms with Gasteiger partial charge in [-0.15, -0.1) is 11.8 Å². The average Bonchev–Trinajstić information content (AvgIpc) is 2.87. The van der Waals surface area contributed by atoms with E-state index < -0.39 is 28.3 Å². The van der Waals surface area contributed by atoms with E-state index in [9.17, 15) is 17.6 Å². The molecule has 1 N–H and O–H groups in total. The maximum atomic E-state index is 13.9. The maximum Gasteiger partial charge on any atom is 0.264 e. The second-order valence-electron chi connectivity index (χ2n) is 7.46. The van der Waals surface area contributed by atoms with E-state index in [0.29, 0.717) is 17.9 Å². The van der Waals surface area contributed by atoms with Crippen LogP contribution in [0.4, 0.5) is 10.1 Å². The number of nitrogens with zero attached hydrogens (tertiary/aromatic N) is 1. The first-order chi connectivity index (χ1) is 16.8.